The fourth-order valence-corrected chi connectivity index (χ4v) is 3.42. The molecule has 1 aromatic heterocycles. The predicted molar refractivity (Wildman–Crippen MR) is 93.4 cm³/mol. The van der Waals surface area contributed by atoms with Gasteiger partial charge in [0.15, 0.2) is 0 Å². The van der Waals surface area contributed by atoms with Gasteiger partial charge in [0, 0.05) is 37.8 Å². The van der Waals surface area contributed by atoms with Crippen LogP contribution in [0.5, 0.6) is 0 Å². The molecule has 24 heavy (non-hydrogen) atoms. The molecule has 0 aromatic carbocycles. The van der Waals surface area contributed by atoms with Gasteiger partial charge in [-0.3, -0.25) is 14.7 Å². The summed E-state index contributed by atoms with van der Waals surface area (Å²) >= 11 is 0. The highest BCUT2D eigenvalue weighted by Crippen LogP contribution is 2.26. The van der Waals surface area contributed by atoms with E-state index in [0.29, 0.717) is 12.5 Å². The van der Waals surface area contributed by atoms with Crippen LogP contribution >= 0.6 is 0 Å². The molecule has 0 atom stereocenters. The molecule has 2 aliphatic heterocycles. The SMILES string of the molecule is Cc1ccc(C(=O)NCCN2CCOCC2)c(C2CCNCC2)n1. The van der Waals surface area contributed by atoms with Crippen LogP contribution < -0.4 is 10.6 Å². The average molecular weight is 332 g/mol. The van der Waals surface area contributed by atoms with Crippen LogP contribution in [0.1, 0.15) is 40.5 Å². The molecule has 3 rings (SSSR count). The van der Waals surface area contributed by atoms with Crippen molar-refractivity contribution < 1.29 is 9.53 Å². The van der Waals surface area contributed by atoms with Gasteiger partial charge in [0.2, 0.25) is 0 Å². The number of morpholine rings is 1. The zero-order valence-corrected chi connectivity index (χ0v) is 14.5. The highest BCUT2D eigenvalue weighted by molar-refractivity contribution is 5.95. The van der Waals surface area contributed by atoms with Crippen molar-refractivity contribution in [3.8, 4) is 0 Å². The maximum absolute atomic E-state index is 12.7. The number of amides is 1. The largest absolute Gasteiger partial charge is 0.379 e. The molecule has 0 aliphatic carbocycles. The summed E-state index contributed by atoms with van der Waals surface area (Å²) in [7, 11) is 0. The van der Waals surface area contributed by atoms with E-state index in [1.165, 1.54) is 0 Å². The summed E-state index contributed by atoms with van der Waals surface area (Å²) in [4.78, 5) is 19.7. The molecule has 1 aromatic rings. The van der Waals surface area contributed by atoms with Crippen LogP contribution in [-0.4, -0.2) is 68.3 Å². The first-order valence-corrected chi connectivity index (χ1v) is 9.00. The highest BCUT2D eigenvalue weighted by Gasteiger charge is 2.23. The summed E-state index contributed by atoms with van der Waals surface area (Å²) < 4.78 is 5.35. The summed E-state index contributed by atoms with van der Waals surface area (Å²) in [6.07, 6.45) is 2.09. The zero-order valence-electron chi connectivity index (χ0n) is 14.5. The summed E-state index contributed by atoms with van der Waals surface area (Å²) in [5, 5.41) is 6.44. The van der Waals surface area contributed by atoms with Crippen molar-refractivity contribution in [2.45, 2.75) is 25.7 Å². The maximum Gasteiger partial charge on any atom is 0.253 e. The van der Waals surface area contributed by atoms with Crippen molar-refractivity contribution >= 4 is 5.91 Å². The number of hydrogen-bond donors (Lipinski definition) is 2. The second kappa shape index (κ2) is 8.55. The first-order chi connectivity index (χ1) is 11.7. The third-order valence-corrected chi connectivity index (χ3v) is 4.85. The molecule has 132 valence electrons. The van der Waals surface area contributed by atoms with Gasteiger partial charge >= 0.3 is 0 Å². The number of aryl methyl sites for hydroxylation is 1. The van der Waals surface area contributed by atoms with E-state index in [0.717, 1.165) is 75.7 Å². The van der Waals surface area contributed by atoms with Crippen LogP contribution in [0.2, 0.25) is 0 Å². The Balaban J connectivity index is 1.60. The Morgan fingerprint density at radius 2 is 2.08 bits per heavy atom. The van der Waals surface area contributed by atoms with E-state index in [1.807, 2.05) is 19.1 Å². The number of nitrogens with one attached hydrogen (secondary N) is 2. The van der Waals surface area contributed by atoms with Gasteiger partial charge in [0.1, 0.15) is 0 Å². The molecule has 6 heteroatoms. The van der Waals surface area contributed by atoms with Gasteiger partial charge in [-0.05, 0) is 45.0 Å². The molecule has 3 heterocycles. The van der Waals surface area contributed by atoms with Crippen LogP contribution in [0.25, 0.3) is 0 Å². The molecule has 0 radical (unpaired) electrons. The van der Waals surface area contributed by atoms with Crippen LogP contribution in [0, 0.1) is 6.92 Å². The first kappa shape index (κ1) is 17.3. The highest BCUT2D eigenvalue weighted by atomic mass is 16.5. The molecule has 2 saturated heterocycles. The van der Waals surface area contributed by atoms with E-state index in [2.05, 4.69) is 15.5 Å². The van der Waals surface area contributed by atoms with Crippen LogP contribution in [-0.2, 0) is 4.74 Å². The topological polar surface area (TPSA) is 66.5 Å². The van der Waals surface area contributed by atoms with E-state index < -0.39 is 0 Å². The molecule has 2 fully saturated rings. The Hall–Kier alpha value is -1.50. The standard InChI is InChI=1S/C18H28N4O2/c1-14-2-3-16(17(21-14)15-4-6-19-7-5-15)18(23)20-8-9-22-10-12-24-13-11-22/h2-3,15,19H,4-13H2,1H3,(H,20,23). The van der Waals surface area contributed by atoms with Crippen LogP contribution in [0.4, 0.5) is 0 Å². The van der Waals surface area contributed by atoms with E-state index in [9.17, 15) is 4.79 Å². The van der Waals surface area contributed by atoms with Gasteiger partial charge in [-0.15, -0.1) is 0 Å². The fourth-order valence-electron chi connectivity index (χ4n) is 3.42. The van der Waals surface area contributed by atoms with E-state index in [-0.39, 0.29) is 5.91 Å². The number of aromatic nitrogens is 1. The van der Waals surface area contributed by atoms with Gasteiger partial charge in [-0.25, -0.2) is 0 Å². The Labute approximate surface area is 144 Å². The molecule has 0 unspecified atom stereocenters. The minimum absolute atomic E-state index is 0.00397. The third-order valence-electron chi connectivity index (χ3n) is 4.85. The number of pyridine rings is 1. The van der Waals surface area contributed by atoms with E-state index in [1.54, 1.807) is 0 Å². The molecular weight excluding hydrogens is 304 g/mol. The van der Waals surface area contributed by atoms with Gasteiger partial charge < -0.3 is 15.4 Å². The summed E-state index contributed by atoms with van der Waals surface area (Å²) in [5.41, 5.74) is 2.70. The van der Waals surface area contributed by atoms with Crippen LogP contribution in [0.15, 0.2) is 12.1 Å². The van der Waals surface area contributed by atoms with Crippen molar-refractivity contribution in [3.63, 3.8) is 0 Å². The lowest BCUT2D eigenvalue weighted by atomic mass is 9.90. The normalized spacial score (nSPS) is 20.0. The van der Waals surface area contributed by atoms with Crippen molar-refractivity contribution in [1.82, 2.24) is 20.5 Å². The second-order valence-corrected chi connectivity index (χ2v) is 6.62. The Morgan fingerprint density at radius 1 is 1.33 bits per heavy atom. The number of rotatable bonds is 5. The number of ether oxygens (including phenoxy) is 1. The molecule has 0 spiro atoms. The van der Waals surface area contributed by atoms with E-state index in [4.69, 9.17) is 9.72 Å². The predicted octanol–water partition coefficient (Wildman–Crippen LogP) is 0.919. The maximum atomic E-state index is 12.7. The zero-order chi connectivity index (χ0) is 16.8. The Bertz CT molecular complexity index is 552. The second-order valence-electron chi connectivity index (χ2n) is 6.62. The third kappa shape index (κ3) is 4.53. The molecule has 2 aliphatic rings. The van der Waals surface area contributed by atoms with Crippen molar-refractivity contribution in [2.24, 2.45) is 0 Å². The molecular formula is C18H28N4O2. The lowest BCUT2D eigenvalue weighted by Crippen LogP contribution is -2.41. The number of nitrogens with zero attached hydrogens (tertiary/aromatic N) is 2. The van der Waals surface area contributed by atoms with Crippen molar-refractivity contribution in [3.05, 3.63) is 29.1 Å². The minimum atomic E-state index is 0.00397. The van der Waals surface area contributed by atoms with E-state index >= 15 is 0 Å². The average Bonchev–Trinajstić information content (AvgIpc) is 2.63. The van der Waals surface area contributed by atoms with Gasteiger partial charge in [0.25, 0.3) is 5.91 Å². The van der Waals surface area contributed by atoms with Crippen molar-refractivity contribution in [2.75, 3.05) is 52.5 Å². The molecule has 0 bridgehead atoms. The molecule has 0 saturated carbocycles. The smallest absolute Gasteiger partial charge is 0.253 e. The van der Waals surface area contributed by atoms with Gasteiger partial charge in [0.05, 0.1) is 24.5 Å². The van der Waals surface area contributed by atoms with Gasteiger partial charge in [-0.1, -0.05) is 0 Å². The fraction of sp³-hybridized carbons (Fsp3) is 0.667. The first-order valence-electron chi connectivity index (χ1n) is 9.00. The quantitative estimate of drug-likeness (QED) is 0.839. The minimum Gasteiger partial charge on any atom is -0.379 e. The number of carbonyl (C=O) groups excluding carboxylic acids is 1. The lowest BCUT2D eigenvalue weighted by molar-refractivity contribution is 0.0383. The summed E-state index contributed by atoms with van der Waals surface area (Å²) in [5.74, 6) is 0.385. The van der Waals surface area contributed by atoms with Gasteiger partial charge in [-0.2, -0.15) is 0 Å². The number of piperidine rings is 1. The van der Waals surface area contributed by atoms with Crippen molar-refractivity contribution in [1.29, 1.82) is 0 Å². The number of carbonyl (C=O) groups is 1. The molecule has 1 amide bonds. The lowest BCUT2D eigenvalue weighted by Gasteiger charge is -2.27. The molecule has 6 nitrogen and oxygen atoms in total. The summed E-state index contributed by atoms with van der Waals surface area (Å²) in [6.45, 7) is 8.99. The monoisotopic (exact) mass is 332 g/mol. The van der Waals surface area contributed by atoms with Crippen LogP contribution in [0.3, 0.4) is 0 Å². The Kier molecular flexibility index (Phi) is 6.18. The Morgan fingerprint density at radius 3 is 2.83 bits per heavy atom. The number of hydrogen-bond acceptors (Lipinski definition) is 5. The molecule has 2 N–H and O–H groups in total. The summed E-state index contributed by atoms with van der Waals surface area (Å²) in [6, 6.07) is 3.87.